The van der Waals surface area contributed by atoms with Crippen molar-refractivity contribution in [3.8, 4) is 5.75 Å². The second kappa shape index (κ2) is 5.93. The van der Waals surface area contributed by atoms with Crippen LogP contribution in [-0.2, 0) is 6.42 Å². The summed E-state index contributed by atoms with van der Waals surface area (Å²) in [4.78, 5) is 18.8. The zero-order valence-electron chi connectivity index (χ0n) is 14.0. The molecule has 2 aromatic rings. The van der Waals surface area contributed by atoms with Crippen molar-refractivity contribution in [1.82, 2.24) is 9.88 Å². The van der Waals surface area contributed by atoms with E-state index >= 15 is 0 Å². The number of piperidine rings is 1. The summed E-state index contributed by atoms with van der Waals surface area (Å²) in [6.07, 6.45) is 5.61. The maximum atomic E-state index is 12.7. The van der Waals surface area contributed by atoms with Crippen molar-refractivity contribution in [3.05, 3.63) is 59.4 Å². The number of fused-ring (bicyclic) bond motifs is 1. The summed E-state index contributed by atoms with van der Waals surface area (Å²) in [5, 5.41) is 0. The molecule has 0 aliphatic carbocycles. The van der Waals surface area contributed by atoms with Crippen molar-refractivity contribution in [1.29, 1.82) is 0 Å². The maximum absolute atomic E-state index is 12.7. The lowest BCUT2D eigenvalue weighted by atomic mass is 9.83. The molecule has 1 fully saturated rings. The Balaban J connectivity index is 1.45. The minimum absolute atomic E-state index is 0.0979. The lowest BCUT2D eigenvalue weighted by Gasteiger charge is -2.44. The van der Waals surface area contributed by atoms with Crippen molar-refractivity contribution in [3.63, 3.8) is 0 Å². The van der Waals surface area contributed by atoms with Crippen molar-refractivity contribution in [2.45, 2.75) is 38.2 Å². The lowest BCUT2D eigenvalue weighted by molar-refractivity contribution is -0.0106. The van der Waals surface area contributed by atoms with Crippen molar-refractivity contribution >= 4 is 5.91 Å². The maximum Gasteiger partial charge on any atom is 0.253 e. The third-order valence-corrected chi connectivity index (χ3v) is 5.25. The standard InChI is InChI=1S/C20H22N2O2/c1-15-14-17(7-11-21-15)19(23)22-12-9-20(10-13-22)8-6-16-4-2-3-5-18(16)24-20/h2-5,7,11,14H,6,8-10,12-13H2,1H3. The van der Waals surface area contributed by atoms with Crippen molar-refractivity contribution in [2.24, 2.45) is 0 Å². The summed E-state index contributed by atoms with van der Waals surface area (Å²) in [5.74, 6) is 1.12. The van der Waals surface area contributed by atoms with E-state index in [0.29, 0.717) is 0 Å². The molecule has 3 heterocycles. The van der Waals surface area contributed by atoms with E-state index in [1.165, 1.54) is 5.56 Å². The Labute approximate surface area is 142 Å². The zero-order chi connectivity index (χ0) is 16.6. The van der Waals surface area contributed by atoms with Crippen LogP contribution in [0.5, 0.6) is 5.75 Å². The zero-order valence-corrected chi connectivity index (χ0v) is 14.0. The van der Waals surface area contributed by atoms with Crippen LogP contribution >= 0.6 is 0 Å². The molecule has 4 rings (SSSR count). The fourth-order valence-electron chi connectivity index (χ4n) is 3.79. The fourth-order valence-corrected chi connectivity index (χ4v) is 3.79. The van der Waals surface area contributed by atoms with E-state index in [4.69, 9.17) is 4.74 Å². The molecule has 0 saturated carbocycles. The first-order valence-electron chi connectivity index (χ1n) is 8.64. The number of hydrogen-bond donors (Lipinski definition) is 0. The predicted octanol–water partition coefficient (Wildman–Crippen LogP) is 3.39. The number of para-hydroxylation sites is 1. The number of hydrogen-bond acceptors (Lipinski definition) is 3. The number of carbonyl (C=O) groups excluding carboxylic acids is 1. The monoisotopic (exact) mass is 322 g/mol. The minimum Gasteiger partial charge on any atom is -0.487 e. The first-order valence-corrected chi connectivity index (χ1v) is 8.64. The average Bonchev–Trinajstić information content (AvgIpc) is 2.62. The summed E-state index contributed by atoms with van der Waals surface area (Å²) in [7, 11) is 0. The molecule has 2 aliphatic rings. The molecule has 4 nitrogen and oxygen atoms in total. The predicted molar refractivity (Wildman–Crippen MR) is 92.2 cm³/mol. The van der Waals surface area contributed by atoms with E-state index in [9.17, 15) is 4.79 Å². The number of benzene rings is 1. The van der Waals surface area contributed by atoms with Gasteiger partial charge in [-0.2, -0.15) is 0 Å². The van der Waals surface area contributed by atoms with Gasteiger partial charge in [0, 0.05) is 43.4 Å². The Hall–Kier alpha value is -2.36. The Morgan fingerprint density at radius 3 is 2.75 bits per heavy atom. The summed E-state index contributed by atoms with van der Waals surface area (Å²) in [5.41, 5.74) is 2.81. The largest absolute Gasteiger partial charge is 0.487 e. The quantitative estimate of drug-likeness (QED) is 0.808. The van der Waals surface area contributed by atoms with Crippen molar-refractivity contribution in [2.75, 3.05) is 13.1 Å². The molecule has 1 amide bonds. The average molecular weight is 322 g/mol. The highest BCUT2D eigenvalue weighted by Gasteiger charge is 2.40. The van der Waals surface area contributed by atoms with Gasteiger partial charge in [0.15, 0.2) is 0 Å². The summed E-state index contributed by atoms with van der Waals surface area (Å²) in [6.45, 7) is 3.42. The number of aromatic nitrogens is 1. The Bertz CT molecular complexity index is 764. The highest BCUT2D eigenvalue weighted by atomic mass is 16.5. The Morgan fingerprint density at radius 2 is 1.96 bits per heavy atom. The minimum atomic E-state index is -0.0979. The molecule has 0 unspecified atom stereocenters. The third kappa shape index (κ3) is 2.77. The molecule has 1 saturated heterocycles. The second-order valence-corrected chi connectivity index (χ2v) is 6.87. The van der Waals surface area contributed by atoms with Gasteiger partial charge in [-0.05, 0) is 43.5 Å². The molecule has 1 aromatic carbocycles. The van der Waals surface area contributed by atoms with E-state index in [1.807, 2.05) is 24.0 Å². The SMILES string of the molecule is Cc1cc(C(=O)N2CCC3(CCc4ccccc4O3)CC2)ccn1. The van der Waals surface area contributed by atoms with Gasteiger partial charge in [-0.15, -0.1) is 0 Å². The number of ether oxygens (including phenoxy) is 1. The van der Waals surface area contributed by atoms with Crippen LogP contribution in [0.25, 0.3) is 0 Å². The van der Waals surface area contributed by atoms with Gasteiger partial charge in [0.05, 0.1) is 0 Å². The van der Waals surface area contributed by atoms with Crippen molar-refractivity contribution < 1.29 is 9.53 Å². The number of aryl methyl sites for hydroxylation is 2. The van der Waals surface area contributed by atoms with Crippen LogP contribution in [0.1, 0.15) is 40.9 Å². The molecule has 0 N–H and O–H groups in total. The van der Waals surface area contributed by atoms with Crippen LogP contribution in [0, 0.1) is 6.92 Å². The smallest absolute Gasteiger partial charge is 0.253 e. The molecule has 1 aromatic heterocycles. The molecule has 4 heteroatoms. The van der Waals surface area contributed by atoms with Crippen LogP contribution in [0.3, 0.4) is 0 Å². The molecule has 0 bridgehead atoms. The molecular formula is C20H22N2O2. The van der Waals surface area contributed by atoms with Gasteiger partial charge in [-0.25, -0.2) is 0 Å². The molecule has 2 aliphatic heterocycles. The first-order chi connectivity index (χ1) is 11.7. The van der Waals surface area contributed by atoms with E-state index in [1.54, 1.807) is 12.3 Å². The van der Waals surface area contributed by atoms with Crippen LogP contribution in [0.4, 0.5) is 0 Å². The summed E-state index contributed by atoms with van der Waals surface area (Å²) in [6, 6.07) is 12.0. The van der Waals surface area contributed by atoms with Gasteiger partial charge in [-0.1, -0.05) is 18.2 Å². The van der Waals surface area contributed by atoms with E-state index in [-0.39, 0.29) is 11.5 Å². The molecular weight excluding hydrogens is 300 g/mol. The van der Waals surface area contributed by atoms with Crippen LogP contribution in [0.2, 0.25) is 0 Å². The topological polar surface area (TPSA) is 42.4 Å². The van der Waals surface area contributed by atoms with E-state index in [2.05, 4.69) is 23.2 Å². The van der Waals surface area contributed by atoms with Gasteiger partial charge in [0.25, 0.3) is 5.91 Å². The van der Waals surface area contributed by atoms with Crippen LogP contribution in [-0.4, -0.2) is 34.5 Å². The first kappa shape index (κ1) is 15.2. The molecule has 1 spiro atoms. The molecule has 0 atom stereocenters. The van der Waals surface area contributed by atoms with Gasteiger partial charge in [0.1, 0.15) is 11.4 Å². The molecule has 124 valence electrons. The van der Waals surface area contributed by atoms with Gasteiger partial charge >= 0.3 is 0 Å². The highest BCUT2D eigenvalue weighted by Crippen LogP contribution is 2.39. The normalized spacial score (nSPS) is 18.8. The van der Waals surface area contributed by atoms with E-state index < -0.39 is 0 Å². The number of amides is 1. The van der Waals surface area contributed by atoms with Gasteiger partial charge in [0.2, 0.25) is 0 Å². The number of nitrogens with zero attached hydrogens (tertiary/aromatic N) is 2. The number of carbonyl (C=O) groups is 1. The van der Waals surface area contributed by atoms with Crippen LogP contribution < -0.4 is 4.74 Å². The summed E-state index contributed by atoms with van der Waals surface area (Å²) < 4.78 is 6.37. The Kier molecular flexibility index (Phi) is 3.75. The van der Waals surface area contributed by atoms with Crippen LogP contribution in [0.15, 0.2) is 42.6 Å². The van der Waals surface area contributed by atoms with Gasteiger partial charge < -0.3 is 9.64 Å². The Morgan fingerprint density at radius 1 is 1.17 bits per heavy atom. The van der Waals surface area contributed by atoms with E-state index in [0.717, 1.165) is 55.8 Å². The fraction of sp³-hybridized carbons (Fsp3) is 0.400. The summed E-state index contributed by atoms with van der Waals surface area (Å²) >= 11 is 0. The number of likely N-dealkylation sites (tertiary alicyclic amines) is 1. The van der Waals surface area contributed by atoms with Gasteiger partial charge in [-0.3, -0.25) is 9.78 Å². The highest BCUT2D eigenvalue weighted by molar-refractivity contribution is 5.94. The molecule has 0 radical (unpaired) electrons. The lowest BCUT2D eigenvalue weighted by Crippen LogP contribution is -2.51. The molecule has 24 heavy (non-hydrogen) atoms. The number of pyridine rings is 1. The number of rotatable bonds is 1. The third-order valence-electron chi connectivity index (χ3n) is 5.25. The second-order valence-electron chi connectivity index (χ2n) is 6.87.